The van der Waals surface area contributed by atoms with Crippen molar-refractivity contribution in [3.8, 4) is 0 Å². The van der Waals surface area contributed by atoms with Crippen molar-refractivity contribution in [1.82, 2.24) is 10.2 Å². The van der Waals surface area contributed by atoms with Gasteiger partial charge in [0.2, 0.25) is 0 Å². The molecule has 1 saturated heterocycles. The zero-order valence-corrected chi connectivity index (χ0v) is 13.7. The topological polar surface area (TPSA) is 52.6 Å². The third-order valence-corrected chi connectivity index (χ3v) is 5.34. The van der Waals surface area contributed by atoms with Crippen LogP contribution in [-0.2, 0) is 4.79 Å². The van der Waals surface area contributed by atoms with Crippen LogP contribution < -0.4 is 5.32 Å². The van der Waals surface area contributed by atoms with Gasteiger partial charge in [-0.3, -0.25) is 4.79 Å². The predicted molar refractivity (Wildman–Crippen MR) is 83.0 cm³/mol. The fourth-order valence-electron chi connectivity index (χ4n) is 2.82. The van der Waals surface area contributed by atoms with Crippen LogP contribution in [0.5, 0.6) is 0 Å². The van der Waals surface area contributed by atoms with Gasteiger partial charge in [0.05, 0.1) is 0 Å². The first-order valence-corrected chi connectivity index (χ1v) is 8.00. The average Bonchev–Trinajstić information content (AvgIpc) is 2.45. The maximum atomic E-state index is 11.2. The summed E-state index contributed by atoms with van der Waals surface area (Å²) < 4.78 is 0. The summed E-state index contributed by atoms with van der Waals surface area (Å²) in [5.41, 5.74) is -0.229. The highest BCUT2D eigenvalue weighted by Crippen LogP contribution is 2.33. The smallest absolute Gasteiger partial charge is 0.323 e. The maximum absolute atomic E-state index is 11.2. The van der Waals surface area contributed by atoms with E-state index in [4.69, 9.17) is 0 Å². The molecule has 20 heavy (non-hydrogen) atoms. The van der Waals surface area contributed by atoms with Gasteiger partial charge >= 0.3 is 5.97 Å². The van der Waals surface area contributed by atoms with Gasteiger partial charge in [-0.15, -0.1) is 0 Å². The third kappa shape index (κ3) is 4.74. The number of hydrogen-bond acceptors (Lipinski definition) is 3. The van der Waals surface area contributed by atoms with Crippen molar-refractivity contribution >= 4 is 5.97 Å². The molecule has 1 aliphatic rings. The molecule has 1 fully saturated rings. The highest BCUT2D eigenvalue weighted by molar-refractivity contribution is 5.78. The molecule has 1 rings (SSSR count). The molecular formula is C16H32N2O2. The Kier molecular flexibility index (Phi) is 6.46. The molecule has 2 N–H and O–H groups in total. The minimum Gasteiger partial charge on any atom is -0.480 e. The minimum absolute atomic E-state index is 0.546. The van der Waals surface area contributed by atoms with Crippen molar-refractivity contribution < 1.29 is 9.90 Å². The molecule has 0 radical (unpaired) electrons. The van der Waals surface area contributed by atoms with Crippen LogP contribution in [-0.4, -0.2) is 48.2 Å². The Morgan fingerprint density at radius 3 is 2.40 bits per heavy atom. The van der Waals surface area contributed by atoms with Gasteiger partial charge in [-0.05, 0) is 71.1 Å². The molecule has 0 aliphatic carbocycles. The predicted octanol–water partition coefficient (Wildman–Crippen LogP) is 2.73. The summed E-state index contributed by atoms with van der Waals surface area (Å²) in [6.45, 7) is 9.97. The van der Waals surface area contributed by atoms with E-state index in [2.05, 4.69) is 24.1 Å². The number of piperidine rings is 1. The third-order valence-electron chi connectivity index (χ3n) is 5.34. The zero-order chi connectivity index (χ0) is 15.2. The van der Waals surface area contributed by atoms with Crippen LogP contribution in [0.2, 0.25) is 0 Å². The molecule has 1 aliphatic heterocycles. The first-order chi connectivity index (χ1) is 9.35. The van der Waals surface area contributed by atoms with E-state index in [9.17, 15) is 9.90 Å². The lowest BCUT2D eigenvalue weighted by molar-refractivity contribution is -0.144. The summed E-state index contributed by atoms with van der Waals surface area (Å²) in [5.74, 6) is -0.753. The second-order valence-electron chi connectivity index (χ2n) is 6.85. The fourth-order valence-corrected chi connectivity index (χ4v) is 2.82. The van der Waals surface area contributed by atoms with Crippen molar-refractivity contribution in [1.29, 1.82) is 0 Å². The van der Waals surface area contributed by atoms with E-state index in [0.717, 1.165) is 19.4 Å². The first-order valence-electron chi connectivity index (χ1n) is 8.00. The van der Waals surface area contributed by atoms with Gasteiger partial charge in [0.1, 0.15) is 5.54 Å². The second-order valence-corrected chi connectivity index (χ2v) is 6.85. The Balaban J connectivity index is 2.21. The number of likely N-dealkylation sites (N-methyl/N-ethyl adjacent to an activating group) is 1. The average molecular weight is 284 g/mol. The number of nitrogens with one attached hydrogen (secondary N) is 1. The molecule has 1 atom stereocenters. The van der Waals surface area contributed by atoms with Gasteiger partial charge in [-0.1, -0.05) is 20.3 Å². The zero-order valence-electron chi connectivity index (χ0n) is 13.7. The van der Waals surface area contributed by atoms with Crippen LogP contribution in [0.3, 0.4) is 0 Å². The summed E-state index contributed by atoms with van der Waals surface area (Å²) in [5, 5.41) is 12.1. The number of carboxylic acid groups (broad SMARTS) is 1. The number of hydrogen-bond donors (Lipinski definition) is 2. The molecule has 0 aromatic heterocycles. The van der Waals surface area contributed by atoms with Gasteiger partial charge < -0.3 is 15.3 Å². The normalized spacial score (nSPS) is 22.4. The Morgan fingerprint density at radius 1 is 1.35 bits per heavy atom. The molecule has 4 heteroatoms. The summed E-state index contributed by atoms with van der Waals surface area (Å²) >= 11 is 0. The monoisotopic (exact) mass is 284 g/mol. The van der Waals surface area contributed by atoms with Crippen molar-refractivity contribution in [3.05, 3.63) is 0 Å². The highest BCUT2D eigenvalue weighted by Gasteiger charge is 2.31. The fraction of sp³-hybridized carbons (Fsp3) is 0.938. The molecule has 1 unspecified atom stereocenters. The second kappa shape index (κ2) is 7.41. The van der Waals surface area contributed by atoms with E-state index in [1.807, 2.05) is 0 Å². The number of carbonyl (C=O) groups is 1. The Morgan fingerprint density at radius 2 is 1.95 bits per heavy atom. The molecule has 0 aromatic carbocycles. The Bertz CT molecular complexity index is 312. The Hall–Kier alpha value is -0.610. The lowest BCUT2D eigenvalue weighted by Crippen LogP contribution is -2.47. The van der Waals surface area contributed by atoms with Gasteiger partial charge in [-0.2, -0.15) is 0 Å². The number of aliphatic carboxylic acids is 1. The lowest BCUT2D eigenvalue weighted by Gasteiger charge is -2.39. The van der Waals surface area contributed by atoms with Crippen molar-refractivity contribution in [2.45, 2.75) is 64.8 Å². The molecule has 118 valence electrons. The maximum Gasteiger partial charge on any atom is 0.323 e. The van der Waals surface area contributed by atoms with E-state index in [-0.39, 0.29) is 0 Å². The van der Waals surface area contributed by atoms with Crippen LogP contribution in [0.25, 0.3) is 0 Å². The summed E-state index contributed by atoms with van der Waals surface area (Å²) in [6.07, 6.45) is 6.62. The standard InChI is InChI=1S/C16H32N2O2/c1-5-15(2)9-12-18(13-10-15)11-7-6-8-16(3,17-4)14(19)20/h17H,5-13H2,1-4H3,(H,19,20). The number of rotatable bonds is 8. The Labute approximate surface area is 123 Å². The quantitative estimate of drug-likeness (QED) is 0.673. The molecule has 0 spiro atoms. The molecular weight excluding hydrogens is 252 g/mol. The van der Waals surface area contributed by atoms with E-state index in [1.165, 1.54) is 32.4 Å². The molecule has 0 aromatic rings. The van der Waals surface area contributed by atoms with E-state index in [0.29, 0.717) is 11.8 Å². The van der Waals surface area contributed by atoms with E-state index >= 15 is 0 Å². The highest BCUT2D eigenvalue weighted by atomic mass is 16.4. The molecule has 0 bridgehead atoms. The number of nitrogens with zero attached hydrogens (tertiary/aromatic N) is 1. The summed E-state index contributed by atoms with van der Waals surface area (Å²) in [4.78, 5) is 13.7. The van der Waals surface area contributed by atoms with E-state index in [1.54, 1.807) is 14.0 Å². The van der Waals surface area contributed by atoms with E-state index < -0.39 is 11.5 Å². The molecule has 4 nitrogen and oxygen atoms in total. The van der Waals surface area contributed by atoms with Gasteiger partial charge in [-0.25, -0.2) is 0 Å². The largest absolute Gasteiger partial charge is 0.480 e. The number of carboxylic acids is 1. The SMILES string of the molecule is CCC1(C)CCN(CCCCC(C)(NC)C(=O)O)CC1. The number of likely N-dealkylation sites (tertiary alicyclic amines) is 1. The van der Waals surface area contributed by atoms with Crippen LogP contribution in [0.4, 0.5) is 0 Å². The number of unbranched alkanes of at least 4 members (excludes halogenated alkanes) is 1. The van der Waals surface area contributed by atoms with Crippen molar-refractivity contribution in [2.75, 3.05) is 26.7 Å². The first kappa shape index (κ1) is 17.4. The lowest BCUT2D eigenvalue weighted by atomic mass is 9.78. The van der Waals surface area contributed by atoms with Crippen molar-refractivity contribution in [2.24, 2.45) is 5.41 Å². The van der Waals surface area contributed by atoms with Crippen LogP contribution >= 0.6 is 0 Å². The van der Waals surface area contributed by atoms with Crippen LogP contribution in [0, 0.1) is 5.41 Å². The molecule has 0 saturated carbocycles. The van der Waals surface area contributed by atoms with Crippen LogP contribution in [0.15, 0.2) is 0 Å². The van der Waals surface area contributed by atoms with Gasteiger partial charge in [0.15, 0.2) is 0 Å². The van der Waals surface area contributed by atoms with Crippen molar-refractivity contribution in [3.63, 3.8) is 0 Å². The van der Waals surface area contributed by atoms with Gasteiger partial charge in [0.25, 0.3) is 0 Å². The molecule has 1 heterocycles. The van der Waals surface area contributed by atoms with Gasteiger partial charge in [0, 0.05) is 0 Å². The minimum atomic E-state index is -0.775. The summed E-state index contributed by atoms with van der Waals surface area (Å²) in [7, 11) is 1.73. The summed E-state index contributed by atoms with van der Waals surface area (Å²) in [6, 6.07) is 0. The van der Waals surface area contributed by atoms with Crippen LogP contribution in [0.1, 0.15) is 59.3 Å². The molecule has 0 amide bonds.